The molecular formula is C18H30Br2N2O3S. The van der Waals surface area contributed by atoms with Crippen molar-refractivity contribution in [1.29, 1.82) is 0 Å². The lowest BCUT2D eigenvalue weighted by atomic mass is 9.97. The molecule has 5 nitrogen and oxygen atoms in total. The molecule has 0 unspecified atom stereocenters. The van der Waals surface area contributed by atoms with Gasteiger partial charge in [0.1, 0.15) is 5.75 Å². The number of sulfonamides is 1. The van der Waals surface area contributed by atoms with Crippen molar-refractivity contribution >= 4 is 41.9 Å². The Morgan fingerprint density at radius 2 is 1.85 bits per heavy atom. The van der Waals surface area contributed by atoms with Crippen molar-refractivity contribution in [2.45, 2.75) is 57.9 Å². The number of unbranched alkanes of at least 4 members (excludes halogenated alkanes) is 1. The van der Waals surface area contributed by atoms with Gasteiger partial charge in [0, 0.05) is 29.7 Å². The fourth-order valence-corrected chi connectivity index (χ4v) is 5.57. The second kappa shape index (κ2) is 10.4. The highest BCUT2D eigenvalue weighted by Gasteiger charge is 2.24. The molecule has 0 spiro atoms. The smallest absolute Gasteiger partial charge is 0.242 e. The fourth-order valence-electron chi connectivity index (χ4n) is 2.43. The minimum atomic E-state index is -3.67. The Labute approximate surface area is 175 Å². The first-order valence-electron chi connectivity index (χ1n) is 8.76. The van der Waals surface area contributed by atoms with E-state index in [1.165, 1.54) is 13.2 Å². The standard InChI is InChI=1S/C18H30Br2N2O3S/c1-6-7-8-13(11-21-12-18(2,3)4)22-26(23,24)17-10-16(25-5)14(19)9-15(17)20/h9-10,13,21-22H,6-8,11-12H2,1-5H3/t13-/m1/s1. The van der Waals surface area contributed by atoms with Gasteiger partial charge in [-0.1, -0.05) is 40.5 Å². The molecule has 1 atom stereocenters. The van der Waals surface area contributed by atoms with E-state index in [4.69, 9.17) is 4.74 Å². The van der Waals surface area contributed by atoms with Crippen LogP contribution in [0, 0.1) is 5.41 Å². The van der Waals surface area contributed by atoms with Gasteiger partial charge in [0.15, 0.2) is 0 Å². The van der Waals surface area contributed by atoms with Gasteiger partial charge in [-0.3, -0.25) is 0 Å². The topological polar surface area (TPSA) is 67.4 Å². The number of benzene rings is 1. The summed E-state index contributed by atoms with van der Waals surface area (Å²) in [6.07, 6.45) is 2.78. The summed E-state index contributed by atoms with van der Waals surface area (Å²) < 4.78 is 35.1. The van der Waals surface area contributed by atoms with Crippen molar-refractivity contribution in [3.63, 3.8) is 0 Å². The van der Waals surface area contributed by atoms with Crippen LogP contribution in [-0.2, 0) is 10.0 Å². The van der Waals surface area contributed by atoms with E-state index < -0.39 is 10.0 Å². The van der Waals surface area contributed by atoms with E-state index in [0.717, 1.165) is 25.8 Å². The first kappa shape index (κ1) is 23.9. The molecule has 2 N–H and O–H groups in total. The Balaban J connectivity index is 2.97. The van der Waals surface area contributed by atoms with Crippen LogP contribution in [0.2, 0.25) is 0 Å². The Kier molecular flexibility index (Phi) is 9.56. The van der Waals surface area contributed by atoms with Crippen LogP contribution in [0.3, 0.4) is 0 Å². The summed E-state index contributed by atoms with van der Waals surface area (Å²) in [4.78, 5) is 0.176. The van der Waals surface area contributed by atoms with Gasteiger partial charge < -0.3 is 10.1 Å². The number of methoxy groups -OCH3 is 1. The summed E-state index contributed by atoms with van der Waals surface area (Å²) in [5.74, 6) is 0.476. The summed E-state index contributed by atoms with van der Waals surface area (Å²) in [5, 5.41) is 3.38. The molecule has 0 aliphatic rings. The average molecular weight is 514 g/mol. The molecule has 0 fully saturated rings. The molecule has 1 aromatic carbocycles. The highest BCUT2D eigenvalue weighted by molar-refractivity contribution is 9.11. The number of hydrogen-bond donors (Lipinski definition) is 2. The Morgan fingerprint density at radius 3 is 2.38 bits per heavy atom. The van der Waals surface area contributed by atoms with Crippen LogP contribution in [0.5, 0.6) is 5.75 Å². The first-order valence-corrected chi connectivity index (χ1v) is 11.8. The van der Waals surface area contributed by atoms with Gasteiger partial charge >= 0.3 is 0 Å². The molecule has 0 bridgehead atoms. The summed E-state index contributed by atoms with van der Waals surface area (Å²) in [5.41, 5.74) is 0.149. The van der Waals surface area contributed by atoms with Gasteiger partial charge in [-0.05, 0) is 49.8 Å². The minimum Gasteiger partial charge on any atom is -0.496 e. The van der Waals surface area contributed by atoms with Crippen molar-refractivity contribution in [1.82, 2.24) is 10.0 Å². The van der Waals surface area contributed by atoms with E-state index in [1.807, 2.05) is 0 Å². The summed E-state index contributed by atoms with van der Waals surface area (Å²) in [7, 11) is -2.16. The molecule has 8 heteroatoms. The van der Waals surface area contributed by atoms with E-state index in [-0.39, 0.29) is 16.4 Å². The van der Waals surface area contributed by atoms with E-state index in [0.29, 0.717) is 21.2 Å². The van der Waals surface area contributed by atoms with E-state index >= 15 is 0 Å². The minimum absolute atomic E-state index is 0.149. The lowest BCUT2D eigenvalue weighted by Gasteiger charge is -2.23. The molecule has 1 rings (SSSR count). The SMILES string of the molecule is CCCC[C@H](CNCC(C)(C)C)NS(=O)(=O)c1cc(OC)c(Br)cc1Br. The third-order valence-corrected chi connectivity index (χ3v) is 6.87. The van der Waals surface area contributed by atoms with Gasteiger partial charge in [0.25, 0.3) is 0 Å². The highest BCUT2D eigenvalue weighted by Crippen LogP contribution is 2.33. The molecule has 0 aromatic heterocycles. The van der Waals surface area contributed by atoms with Crippen molar-refractivity contribution in [3.8, 4) is 5.75 Å². The maximum Gasteiger partial charge on any atom is 0.242 e. The molecular weight excluding hydrogens is 484 g/mol. The van der Waals surface area contributed by atoms with Gasteiger partial charge in [-0.25, -0.2) is 13.1 Å². The zero-order valence-electron chi connectivity index (χ0n) is 16.2. The maximum absolute atomic E-state index is 12.9. The second-order valence-electron chi connectivity index (χ2n) is 7.57. The van der Waals surface area contributed by atoms with Crippen LogP contribution in [0.15, 0.2) is 26.0 Å². The van der Waals surface area contributed by atoms with Gasteiger partial charge in [0.2, 0.25) is 10.0 Å². The summed E-state index contributed by atoms with van der Waals surface area (Å²) >= 11 is 6.71. The van der Waals surface area contributed by atoms with Crippen LogP contribution in [-0.4, -0.2) is 34.7 Å². The predicted molar refractivity (Wildman–Crippen MR) is 114 cm³/mol. The lowest BCUT2D eigenvalue weighted by Crippen LogP contribution is -2.43. The zero-order valence-corrected chi connectivity index (χ0v) is 20.1. The molecule has 26 heavy (non-hydrogen) atoms. The largest absolute Gasteiger partial charge is 0.496 e. The predicted octanol–water partition coefficient (Wildman–Crippen LogP) is 4.69. The molecule has 1 aromatic rings. The Hall–Kier alpha value is -0.150. The highest BCUT2D eigenvalue weighted by atomic mass is 79.9. The van der Waals surface area contributed by atoms with Crippen LogP contribution in [0.4, 0.5) is 0 Å². The zero-order chi connectivity index (χ0) is 20.0. The average Bonchev–Trinajstić information content (AvgIpc) is 2.50. The van der Waals surface area contributed by atoms with Crippen molar-refractivity contribution in [3.05, 3.63) is 21.1 Å². The first-order chi connectivity index (χ1) is 12.0. The van der Waals surface area contributed by atoms with Crippen LogP contribution < -0.4 is 14.8 Å². The van der Waals surface area contributed by atoms with Crippen molar-refractivity contribution in [2.75, 3.05) is 20.2 Å². The monoisotopic (exact) mass is 512 g/mol. The number of halogens is 2. The van der Waals surface area contributed by atoms with E-state index in [1.54, 1.807) is 6.07 Å². The Morgan fingerprint density at radius 1 is 1.19 bits per heavy atom. The molecule has 0 amide bonds. The van der Waals surface area contributed by atoms with Gasteiger partial charge in [-0.2, -0.15) is 0 Å². The Bertz CT molecular complexity index is 688. The van der Waals surface area contributed by atoms with Crippen molar-refractivity contribution < 1.29 is 13.2 Å². The number of nitrogens with one attached hydrogen (secondary N) is 2. The number of ether oxygens (including phenoxy) is 1. The summed E-state index contributed by atoms with van der Waals surface area (Å²) in [6, 6.07) is 3.05. The van der Waals surface area contributed by atoms with Crippen LogP contribution in [0.25, 0.3) is 0 Å². The second-order valence-corrected chi connectivity index (χ2v) is 11.0. The fraction of sp³-hybridized carbons (Fsp3) is 0.667. The quantitative estimate of drug-likeness (QED) is 0.476. The molecule has 0 saturated carbocycles. The van der Waals surface area contributed by atoms with Crippen molar-refractivity contribution in [2.24, 2.45) is 5.41 Å². The lowest BCUT2D eigenvalue weighted by molar-refractivity contribution is 0.364. The molecule has 0 radical (unpaired) electrons. The van der Waals surface area contributed by atoms with Crippen LogP contribution in [0.1, 0.15) is 47.0 Å². The van der Waals surface area contributed by atoms with Gasteiger partial charge in [-0.15, -0.1) is 0 Å². The number of rotatable bonds is 10. The third-order valence-electron chi connectivity index (χ3n) is 3.77. The third kappa shape index (κ3) is 7.84. The number of hydrogen-bond acceptors (Lipinski definition) is 4. The van der Waals surface area contributed by atoms with Crippen LogP contribution >= 0.6 is 31.9 Å². The molecule has 0 heterocycles. The van der Waals surface area contributed by atoms with E-state index in [9.17, 15) is 8.42 Å². The normalized spacial score (nSPS) is 13.7. The molecule has 0 aliphatic heterocycles. The maximum atomic E-state index is 12.9. The molecule has 0 saturated heterocycles. The molecule has 0 aliphatic carbocycles. The molecule has 150 valence electrons. The van der Waals surface area contributed by atoms with E-state index in [2.05, 4.69) is 69.6 Å². The summed E-state index contributed by atoms with van der Waals surface area (Å²) in [6.45, 7) is 9.97. The van der Waals surface area contributed by atoms with Gasteiger partial charge in [0.05, 0.1) is 16.5 Å².